The predicted molar refractivity (Wildman–Crippen MR) is 110 cm³/mol. The van der Waals surface area contributed by atoms with Crippen molar-refractivity contribution in [2.75, 3.05) is 25.1 Å². The third-order valence-corrected chi connectivity index (χ3v) is 5.15. The molecule has 1 saturated heterocycles. The Morgan fingerprint density at radius 3 is 2.57 bits per heavy atom. The number of carbonyl (C=O) groups is 2. The largest absolute Gasteiger partial charge is 0.497 e. The fraction of sp³-hybridized carbons (Fsp3) is 0.217. The second-order valence-corrected chi connectivity index (χ2v) is 7.04. The molecule has 1 unspecified atom stereocenters. The smallest absolute Gasteiger partial charge is 0.251 e. The summed E-state index contributed by atoms with van der Waals surface area (Å²) in [4.78, 5) is 26.7. The number of benzene rings is 3. The average Bonchev–Trinajstić information content (AvgIpc) is 3.12. The Morgan fingerprint density at radius 1 is 1.07 bits per heavy atom. The number of hydrogen-bond donors (Lipinski definition) is 1. The number of rotatable bonds is 5. The van der Waals surface area contributed by atoms with E-state index in [1.165, 1.54) is 0 Å². The van der Waals surface area contributed by atoms with Crippen LogP contribution in [-0.4, -0.2) is 32.0 Å². The normalized spacial score (nSPS) is 16.4. The minimum Gasteiger partial charge on any atom is -0.497 e. The number of amides is 2. The van der Waals surface area contributed by atoms with Gasteiger partial charge < -0.3 is 15.0 Å². The highest BCUT2D eigenvalue weighted by Gasteiger charge is 2.30. The Morgan fingerprint density at radius 2 is 1.82 bits per heavy atom. The molecular formula is C23H22N2O3. The Bertz CT molecular complexity index is 1010. The monoisotopic (exact) mass is 374 g/mol. The summed E-state index contributed by atoms with van der Waals surface area (Å²) in [5.74, 6) is 0.824. The van der Waals surface area contributed by atoms with Gasteiger partial charge in [-0.3, -0.25) is 9.59 Å². The van der Waals surface area contributed by atoms with Crippen LogP contribution in [0, 0.1) is 5.92 Å². The van der Waals surface area contributed by atoms with Gasteiger partial charge in [0.25, 0.3) is 5.91 Å². The van der Waals surface area contributed by atoms with E-state index in [0.717, 1.165) is 22.2 Å². The van der Waals surface area contributed by atoms with E-state index in [1.807, 2.05) is 66.7 Å². The third-order valence-electron chi connectivity index (χ3n) is 5.15. The van der Waals surface area contributed by atoms with Crippen LogP contribution in [0.2, 0.25) is 0 Å². The van der Waals surface area contributed by atoms with Crippen LogP contribution in [0.5, 0.6) is 5.75 Å². The summed E-state index contributed by atoms with van der Waals surface area (Å²) in [6.45, 7) is 1.08. The van der Waals surface area contributed by atoms with E-state index in [-0.39, 0.29) is 17.7 Å². The van der Waals surface area contributed by atoms with Crippen LogP contribution in [0.1, 0.15) is 16.8 Å². The van der Waals surface area contributed by atoms with Gasteiger partial charge in [-0.2, -0.15) is 0 Å². The third kappa shape index (κ3) is 3.69. The number of methoxy groups -OCH3 is 1. The van der Waals surface area contributed by atoms with Crippen molar-refractivity contribution in [1.82, 2.24) is 5.32 Å². The molecule has 1 heterocycles. The quantitative estimate of drug-likeness (QED) is 0.742. The van der Waals surface area contributed by atoms with Crippen LogP contribution in [0.3, 0.4) is 0 Å². The lowest BCUT2D eigenvalue weighted by atomic mass is 10.1. The zero-order valence-corrected chi connectivity index (χ0v) is 15.7. The van der Waals surface area contributed by atoms with Gasteiger partial charge in [0.1, 0.15) is 5.75 Å². The maximum atomic E-state index is 12.5. The average molecular weight is 374 g/mol. The van der Waals surface area contributed by atoms with Crippen LogP contribution in [0.15, 0.2) is 66.7 Å². The minimum absolute atomic E-state index is 0.0788. The Hall–Kier alpha value is -3.34. The molecule has 142 valence electrons. The first-order valence-electron chi connectivity index (χ1n) is 9.35. The van der Waals surface area contributed by atoms with Crippen molar-refractivity contribution in [1.29, 1.82) is 0 Å². The summed E-state index contributed by atoms with van der Waals surface area (Å²) in [7, 11) is 1.62. The summed E-state index contributed by atoms with van der Waals surface area (Å²) in [6.07, 6.45) is 0.435. The van der Waals surface area contributed by atoms with Gasteiger partial charge in [-0.15, -0.1) is 0 Å². The molecule has 2 amide bonds. The van der Waals surface area contributed by atoms with Gasteiger partial charge in [-0.25, -0.2) is 0 Å². The minimum atomic E-state index is -0.110. The molecule has 0 saturated carbocycles. The lowest BCUT2D eigenvalue weighted by Gasteiger charge is -2.17. The van der Waals surface area contributed by atoms with Gasteiger partial charge in [0.15, 0.2) is 0 Å². The summed E-state index contributed by atoms with van der Waals surface area (Å²) in [6, 6.07) is 21.1. The molecule has 1 N–H and O–H groups in total. The molecule has 3 aromatic rings. The number of hydrogen-bond acceptors (Lipinski definition) is 3. The van der Waals surface area contributed by atoms with Gasteiger partial charge in [0, 0.05) is 36.7 Å². The number of fused-ring (bicyclic) bond motifs is 1. The molecule has 1 fully saturated rings. The first kappa shape index (κ1) is 18.0. The fourth-order valence-electron chi connectivity index (χ4n) is 3.60. The molecule has 1 atom stereocenters. The van der Waals surface area contributed by atoms with Crippen LogP contribution in [0.25, 0.3) is 10.8 Å². The molecule has 1 aliphatic heterocycles. The van der Waals surface area contributed by atoms with Crippen LogP contribution >= 0.6 is 0 Å². The van der Waals surface area contributed by atoms with E-state index < -0.39 is 0 Å². The van der Waals surface area contributed by atoms with E-state index in [9.17, 15) is 9.59 Å². The molecule has 0 aliphatic carbocycles. The van der Waals surface area contributed by atoms with E-state index in [0.29, 0.717) is 25.1 Å². The molecular weight excluding hydrogens is 352 g/mol. The van der Waals surface area contributed by atoms with E-state index >= 15 is 0 Å². The highest BCUT2D eigenvalue weighted by atomic mass is 16.5. The molecule has 0 bridgehead atoms. The molecule has 4 rings (SSSR count). The van der Waals surface area contributed by atoms with E-state index in [2.05, 4.69) is 5.32 Å². The van der Waals surface area contributed by atoms with Gasteiger partial charge in [0.2, 0.25) is 5.91 Å². The standard InChI is InChI=1S/C23H22N2O3/c1-28-21-10-8-20(9-11-21)25-15-16(12-22(25)26)14-24-23(27)19-7-6-17-4-2-3-5-18(17)13-19/h2-11,13,16H,12,14-15H2,1H3,(H,24,27). The summed E-state index contributed by atoms with van der Waals surface area (Å²) in [5.41, 5.74) is 1.49. The molecule has 28 heavy (non-hydrogen) atoms. The van der Waals surface area contributed by atoms with E-state index in [1.54, 1.807) is 12.0 Å². The lowest BCUT2D eigenvalue weighted by Crippen LogP contribution is -2.31. The molecule has 5 heteroatoms. The Kier molecular flexibility index (Phi) is 4.98. The highest BCUT2D eigenvalue weighted by Crippen LogP contribution is 2.26. The SMILES string of the molecule is COc1ccc(N2CC(CNC(=O)c3ccc4ccccc4c3)CC2=O)cc1. The van der Waals surface area contributed by atoms with Crippen LogP contribution in [0.4, 0.5) is 5.69 Å². The summed E-state index contributed by atoms with van der Waals surface area (Å²) >= 11 is 0. The number of ether oxygens (including phenoxy) is 1. The molecule has 1 aliphatic rings. The number of nitrogens with zero attached hydrogens (tertiary/aromatic N) is 1. The molecule has 0 spiro atoms. The molecule has 5 nitrogen and oxygen atoms in total. The zero-order chi connectivity index (χ0) is 19.5. The fourth-order valence-corrected chi connectivity index (χ4v) is 3.60. The van der Waals surface area contributed by atoms with Crippen molar-refractivity contribution in [2.24, 2.45) is 5.92 Å². The second kappa shape index (κ2) is 7.72. The molecule has 0 aromatic heterocycles. The van der Waals surface area contributed by atoms with Crippen molar-refractivity contribution < 1.29 is 14.3 Å². The number of carbonyl (C=O) groups excluding carboxylic acids is 2. The maximum Gasteiger partial charge on any atom is 0.251 e. The van der Waals surface area contributed by atoms with Gasteiger partial charge in [-0.05, 0) is 47.2 Å². The number of nitrogens with one attached hydrogen (secondary N) is 1. The van der Waals surface area contributed by atoms with Gasteiger partial charge in [-0.1, -0.05) is 30.3 Å². The van der Waals surface area contributed by atoms with Crippen molar-refractivity contribution in [3.05, 3.63) is 72.3 Å². The number of anilines is 1. The Balaban J connectivity index is 1.37. The predicted octanol–water partition coefficient (Wildman–Crippen LogP) is 3.63. The van der Waals surface area contributed by atoms with E-state index in [4.69, 9.17) is 4.74 Å². The van der Waals surface area contributed by atoms with Gasteiger partial charge >= 0.3 is 0 Å². The van der Waals surface area contributed by atoms with Crippen molar-refractivity contribution >= 4 is 28.3 Å². The van der Waals surface area contributed by atoms with Crippen molar-refractivity contribution in [3.63, 3.8) is 0 Å². The highest BCUT2D eigenvalue weighted by molar-refractivity contribution is 5.99. The maximum absolute atomic E-state index is 12.5. The topological polar surface area (TPSA) is 58.6 Å². The Labute approximate surface area is 163 Å². The summed E-state index contributed by atoms with van der Waals surface area (Å²) in [5, 5.41) is 5.12. The summed E-state index contributed by atoms with van der Waals surface area (Å²) < 4.78 is 5.16. The van der Waals surface area contributed by atoms with Crippen LogP contribution < -0.4 is 15.0 Å². The molecule has 0 radical (unpaired) electrons. The lowest BCUT2D eigenvalue weighted by molar-refractivity contribution is -0.117. The first-order valence-corrected chi connectivity index (χ1v) is 9.35. The van der Waals surface area contributed by atoms with Gasteiger partial charge in [0.05, 0.1) is 7.11 Å². The van der Waals surface area contributed by atoms with Crippen LogP contribution in [-0.2, 0) is 4.79 Å². The zero-order valence-electron chi connectivity index (χ0n) is 15.7. The van der Waals surface area contributed by atoms with Crippen molar-refractivity contribution in [3.8, 4) is 5.75 Å². The second-order valence-electron chi connectivity index (χ2n) is 7.04. The molecule has 3 aromatic carbocycles. The van der Waals surface area contributed by atoms with Crippen molar-refractivity contribution in [2.45, 2.75) is 6.42 Å². The first-order chi connectivity index (χ1) is 13.6.